The first kappa shape index (κ1) is 23.5. The summed E-state index contributed by atoms with van der Waals surface area (Å²) in [6.07, 6.45) is 0.399. The van der Waals surface area contributed by atoms with Gasteiger partial charge in [-0.3, -0.25) is 5.32 Å². The Morgan fingerprint density at radius 1 is 0.969 bits per heavy atom. The summed E-state index contributed by atoms with van der Waals surface area (Å²) >= 11 is 5.05. The third-order valence-corrected chi connectivity index (χ3v) is 5.08. The van der Waals surface area contributed by atoms with Gasteiger partial charge in [-0.1, -0.05) is 42.5 Å². The van der Waals surface area contributed by atoms with Crippen LogP contribution in [0.3, 0.4) is 0 Å². The number of rotatable bonds is 6. The summed E-state index contributed by atoms with van der Waals surface area (Å²) in [5.74, 6) is 0. The van der Waals surface area contributed by atoms with Crippen LogP contribution in [-0.2, 0) is 22.5 Å². The van der Waals surface area contributed by atoms with E-state index in [1.54, 1.807) is 20.8 Å². The number of thiocarbonyl (C=S) groups is 1. The van der Waals surface area contributed by atoms with Crippen LogP contribution in [-0.4, -0.2) is 36.0 Å². The predicted molar refractivity (Wildman–Crippen MR) is 127 cm³/mol. The SMILES string of the molecule is CC(C)(C)OC(=O)NC(=S)NCCCNC(=O)OCc1cccc2c1Cc1ccccc1-2. The van der Waals surface area contributed by atoms with Crippen molar-refractivity contribution in [1.29, 1.82) is 0 Å². The molecule has 2 amide bonds. The fourth-order valence-electron chi connectivity index (χ4n) is 3.47. The van der Waals surface area contributed by atoms with Crippen molar-refractivity contribution in [1.82, 2.24) is 16.0 Å². The highest BCUT2D eigenvalue weighted by molar-refractivity contribution is 7.80. The Labute approximate surface area is 193 Å². The van der Waals surface area contributed by atoms with E-state index in [1.165, 1.54) is 22.3 Å². The lowest BCUT2D eigenvalue weighted by atomic mass is 10.0. The van der Waals surface area contributed by atoms with Gasteiger partial charge in [-0.05, 0) is 73.6 Å². The second kappa shape index (κ2) is 10.5. The topological polar surface area (TPSA) is 88.7 Å². The van der Waals surface area contributed by atoms with E-state index in [2.05, 4.69) is 34.1 Å². The smallest absolute Gasteiger partial charge is 0.413 e. The quantitative estimate of drug-likeness (QED) is 0.380. The van der Waals surface area contributed by atoms with Crippen LogP contribution in [0.2, 0.25) is 0 Å². The molecule has 0 radical (unpaired) electrons. The Hall–Kier alpha value is -3.13. The Morgan fingerprint density at radius 2 is 1.69 bits per heavy atom. The molecule has 7 nitrogen and oxygen atoms in total. The molecule has 0 saturated carbocycles. The van der Waals surface area contributed by atoms with Gasteiger partial charge in [-0.25, -0.2) is 9.59 Å². The summed E-state index contributed by atoms with van der Waals surface area (Å²) in [5.41, 5.74) is 5.41. The first-order valence-corrected chi connectivity index (χ1v) is 11.0. The lowest BCUT2D eigenvalue weighted by molar-refractivity contribution is 0.0562. The number of carbonyl (C=O) groups is 2. The number of nitrogens with one attached hydrogen (secondary N) is 3. The van der Waals surface area contributed by atoms with Crippen LogP contribution in [0.15, 0.2) is 42.5 Å². The molecule has 2 aromatic rings. The number of ether oxygens (including phenoxy) is 2. The van der Waals surface area contributed by atoms with Crippen LogP contribution in [0.25, 0.3) is 11.1 Å². The minimum absolute atomic E-state index is 0.181. The summed E-state index contributed by atoms with van der Waals surface area (Å²) < 4.78 is 10.5. The van der Waals surface area contributed by atoms with Gasteiger partial charge in [0.25, 0.3) is 0 Å². The van der Waals surface area contributed by atoms with E-state index in [0.717, 1.165) is 12.0 Å². The van der Waals surface area contributed by atoms with Crippen molar-refractivity contribution < 1.29 is 19.1 Å². The number of carbonyl (C=O) groups excluding carboxylic acids is 2. The maximum atomic E-state index is 12.1. The normalized spacial score (nSPS) is 11.7. The molecule has 0 atom stereocenters. The molecule has 0 bridgehead atoms. The fourth-order valence-corrected chi connectivity index (χ4v) is 3.66. The van der Waals surface area contributed by atoms with Crippen molar-refractivity contribution in [3.05, 3.63) is 59.2 Å². The number of fused-ring (bicyclic) bond motifs is 3. The van der Waals surface area contributed by atoms with Gasteiger partial charge in [-0.2, -0.15) is 0 Å². The Bertz CT molecular complexity index is 1000. The first-order chi connectivity index (χ1) is 15.2. The molecule has 0 aromatic heterocycles. The average molecular weight is 456 g/mol. The van der Waals surface area contributed by atoms with E-state index < -0.39 is 17.8 Å². The molecule has 32 heavy (non-hydrogen) atoms. The van der Waals surface area contributed by atoms with E-state index in [-0.39, 0.29) is 11.7 Å². The molecule has 3 N–H and O–H groups in total. The molecule has 1 aliphatic rings. The summed E-state index contributed by atoms with van der Waals surface area (Å²) in [4.78, 5) is 23.7. The molecule has 0 fully saturated rings. The predicted octanol–water partition coefficient (Wildman–Crippen LogP) is 4.27. The van der Waals surface area contributed by atoms with Gasteiger partial charge in [0, 0.05) is 13.1 Å². The average Bonchev–Trinajstić information content (AvgIpc) is 3.10. The lowest BCUT2D eigenvalue weighted by Gasteiger charge is -2.20. The molecule has 0 heterocycles. The molecule has 0 unspecified atom stereocenters. The van der Waals surface area contributed by atoms with Crippen LogP contribution in [0.4, 0.5) is 9.59 Å². The van der Waals surface area contributed by atoms with Crippen LogP contribution in [0.1, 0.15) is 43.9 Å². The largest absolute Gasteiger partial charge is 0.445 e. The van der Waals surface area contributed by atoms with Gasteiger partial charge in [-0.15, -0.1) is 0 Å². The van der Waals surface area contributed by atoms with E-state index in [4.69, 9.17) is 21.7 Å². The maximum absolute atomic E-state index is 12.1. The number of benzene rings is 2. The maximum Gasteiger partial charge on any atom is 0.413 e. The van der Waals surface area contributed by atoms with Gasteiger partial charge >= 0.3 is 12.2 Å². The molecule has 2 aromatic carbocycles. The molecule has 1 aliphatic carbocycles. The van der Waals surface area contributed by atoms with Gasteiger partial charge in [0.2, 0.25) is 0 Å². The summed E-state index contributed by atoms with van der Waals surface area (Å²) in [6, 6.07) is 14.5. The van der Waals surface area contributed by atoms with Gasteiger partial charge in [0.15, 0.2) is 5.11 Å². The van der Waals surface area contributed by atoms with Crippen LogP contribution in [0, 0.1) is 0 Å². The molecular weight excluding hydrogens is 426 g/mol. The Morgan fingerprint density at radius 3 is 2.47 bits per heavy atom. The Kier molecular flexibility index (Phi) is 7.69. The number of hydrogen-bond acceptors (Lipinski definition) is 5. The summed E-state index contributed by atoms with van der Waals surface area (Å²) in [5, 5.41) is 8.25. The van der Waals surface area contributed by atoms with Crippen LogP contribution in [0.5, 0.6) is 0 Å². The standard InChI is InChI=1S/C24H29N3O4S/c1-24(2,3)31-23(29)27-21(32)25-12-7-13-26-22(28)30-15-17-9-6-11-19-18-10-5-4-8-16(18)14-20(17)19/h4-6,8-11H,7,12-15H2,1-3H3,(H,26,28)(H2,25,27,29,32). The third kappa shape index (κ3) is 6.68. The molecule has 8 heteroatoms. The molecule has 0 aliphatic heterocycles. The zero-order chi connectivity index (χ0) is 23.1. The highest BCUT2D eigenvalue weighted by atomic mass is 32.1. The van der Waals surface area contributed by atoms with Crippen molar-refractivity contribution >= 4 is 29.5 Å². The van der Waals surface area contributed by atoms with Crippen LogP contribution < -0.4 is 16.0 Å². The number of hydrogen-bond donors (Lipinski definition) is 3. The van der Waals surface area contributed by atoms with Gasteiger partial charge in [0.05, 0.1) is 0 Å². The zero-order valence-electron chi connectivity index (χ0n) is 18.6. The van der Waals surface area contributed by atoms with Gasteiger partial charge in [0.1, 0.15) is 12.2 Å². The number of alkyl carbamates (subject to hydrolysis) is 2. The highest BCUT2D eigenvalue weighted by Crippen LogP contribution is 2.38. The monoisotopic (exact) mass is 455 g/mol. The van der Waals surface area contributed by atoms with Crippen molar-refractivity contribution in [2.24, 2.45) is 0 Å². The molecule has 0 saturated heterocycles. The minimum atomic E-state index is -0.604. The molecule has 170 valence electrons. The van der Waals surface area contributed by atoms with E-state index in [0.29, 0.717) is 19.5 Å². The third-order valence-electron chi connectivity index (χ3n) is 4.83. The number of amides is 2. The highest BCUT2D eigenvalue weighted by Gasteiger charge is 2.21. The van der Waals surface area contributed by atoms with E-state index in [1.807, 2.05) is 24.3 Å². The van der Waals surface area contributed by atoms with Gasteiger partial charge < -0.3 is 20.1 Å². The zero-order valence-corrected chi connectivity index (χ0v) is 19.4. The molecular formula is C24H29N3O4S. The van der Waals surface area contributed by atoms with Crippen molar-refractivity contribution in [2.45, 2.75) is 45.8 Å². The summed E-state index contributed by atoms with van der Waals surface area (Å²) in [7, 11) is 0. The second-order valence-corrected chi connectivity index (χ2v) is 8.92. The molecule has 3 rings (SSSR count). The Balaban J connectivity index is 1.34. The summed E-state index contributed by atoms with van der Waals surface area (Å²) in [6.45, 7) is 6.46. The lowest BCUT2D eigenvalue weighted by Crippen LogP contribution is -2.42. The fraction of sp³-hybridized carbons (Fsp3) is 0.375. The first-order valence-electron chi connectivity index (χ1n) is 10.6. The van der Waals surface area contributed by atoms with Crippen molar-refractivity contribution in [2.75, 3.05) is 13.1 Å². The second-order valence-electron chi connectivity index (χ2n) is 8.52. The van der Waals surface area contributed by atoms with Crippen molar-refractivity contribution in [3.8, 4) is 11.1 Å². The van der Waals surface area contributed by atoms with Crippen molar-refractivity contribution in [3.63, 3.8) is 0 Å². The van der Waals surface area contributed by atoms with E-state index in [9.17, 15) is 9.59 Å². The molecule has 0 spiro atoms. The minimum Gasteiger partial charge on any atom is -0.445 e. The van der Waals surface area contributed by atoms with Crippen LogP contribution >= 0.6 is 12.2 Å². The van der Waals surface area contributed by atoms with E-state index >= 15 is 0 Å².